The average molecular weight is 407 g/mol. The highest BCUT2D eigenvalue weighted by Crippen LogP contribution is 2.31. The Hall–Kier alpha value is -1.96. The molecule has 0 radical (unpaired) electrons. The van der Waals surface area contributed by atoms with Crippen LogP contribution >= 0.6 is 0 Å². The Balaban J connectivity index is 0.000000646. The molecule has 0 heterocycles. The number of ether oxygens (including phenoxy) is 2. The fourth-order valence-electron chi connectivity index (χ4n) is 2.23. The van der Waals surface area contributed by atoms with Crippen LogP contribution in [0.5, 0.6) is 5.75 Å². The van der Waals surface area contributed by atoms with E-state index in [4.69, 9.17) is 9.47 Å². The van der Waals surface area contributed by atoms with Crippen LogP contribution in [0.3, 0.4) is 0 Å². The molecule has 0 atom stereocenters. The predicted molar refractivity (Wildman–Crippen MR) is 99.9 cm³/mol. The molecule has 0 saturated heterocycles. The minimum absolute atomic E-state index is 0.0788. The lowest BCUT2D eigenvalue weighted by Crippen LogP contribution is -2.27. The van der Waals surface area contributed by atoms with E-state index < -0.39 is 12.0 Å². The van der Waals surface area contributed by atoms with Gasteiger partial charge in [0.05, 0.1) is 0 Å². The largest absolute Gasteiger partial charge is 0.559 e. The number of hydrogen-bond donors (Lipinski definition) is 0. The van der Waals surface area contributed by atoms with Crippen LogP contribution < -0.4 is 4.74 Å². The first kappa shape index (κ1) is 23.1. The van der Waals surface area contributed by atoms with Crippen molar-refractivity contribution < 1.29 is 31.8 Å². The molecule has 0 aromatic heterocycles. The molecule has 2 rings (SSSR count). The number of rotatable bonds is 4. The lowest BCUT2D eigenvalue weighted by molar-refractivity contribution is -0.237. The molecule has 0 aliphatic carbocycles. The van der Waals surface area contributed by atoms with Gasteiger partial charge in [0.25, 0.3) is 0 Å². The number of carbonyl (C=O) groups excluding carboxylic acids is 1. The van der Waals surface area contributed by atoms with E-state index in [0.29, 0.717) is 0 Å². The van der Waals surface area contributed by atoms with E-state index in [9.17, 15) is 22.4 Å². The molecule has 0 N–H and O–H groups in total. The van der Waals surface area contributed by atoms with Crippen LogP contribution in [0, 0.1) is 0 Å². The highest BCUT2D eigenvalue weighted by Gasteiger charge is 2.24. The molecule has 0 aliphatic rings. The average Bonchev–Trinajstić information content (AvgIpc) is 2.49. The smallest absolute Gasteiger partial charge is 0.481 e. The van der Waals surface area contributed by atoms with Gasteiger partial charge in [0.2, 0.25) is 0 Å². The topological polar surface area (TPSA) is 35.5 Å². The van der Waals surface area contributed by atoms with Crippen LogP contribution in [0.4, 0.5) is 17.6 Å². The summed E-state index contributed by atoms with van der Waals surface area (Å²) in [5.74, 6) is 0.363. The van der Waals surface area contributed by atoms with Gasteiger partial charge in [-0.2, -0.15) is 0 Å². The summed E-state index contributed by atoms with van der Waals surface area (Å²) >= 11 is 0. The second-order valence-electron chi connectivity index (χ2n) is 6.73. The minimum Gasteiger partial charge on any atom is -0.481 e. The molecule has 27 heavy (non-hydrogen) atoms. The maximum atomic E-state index is 11.8. The number of benzene rings is 2. The fourth-order valence-corrected chi connectivity index (χ4v) is 3.19. The van der Waals surface area contributed by atoms with E-state index in [-0.39, 0.29) is 23.5 Å². The van der Waals surface area contributed by atoms with Crippen LogP contribution in [-0.2, 0) is 20.4 Å². The molecule has 2 aromatic carbocycles. The van der Waals surface area contributed by atoms with Gasteiger partial charge in [-0.1, -0.05) is 18.2 Å². The first-order valence-electron chi connectivity index (χ1n) is 7.97. The van der Waals surface area contributed by atoms with Crippen molar-refractivity contribution in [3.8, 4) is 5.75 Å². The van der Waals surface area contributed by atoms with Crippen LogP contribution in [0.25, 0.3) is 10.8 Å². The molecule has 0 spiro atoms. The molecule has 0 saturated carbocycles. The summed E-state index contributed by atoms with van der Waals surface area (Å²) in [6.07, 6.45) is -1.11. The lowest BCUT2D eigenvalue weighted by Gasteiger charge is -2.19. The van der Waals surface area contributed by atoms with Gasteiger partial charge in [0.15, 0.2) is 11.5 Å². The number of alkyl halides is 4. The first-order chi connectivity index (χ1) is 12.3. The molecule has 0 bridgehead atoms. The van der Waals surface area contributed by atoms with Crippen molar-refractivity contribution in [2.75, 3.05) is 19.1 Å². The maximum absolute atomic E-state index is 11.8. The van der Waals surface area contributed by atoms with Crippen molar-refractivity contribution >= 4 is 27.6 Å². The molecule has 150 valence electrons. The zero-order chi connectivity index (χ0) is 20.8. The molecular weight excluding hydrogens is 384 g/mol. The molecule has 0 amide bonds. The molecule has 8 heteroatoms. The highest BCUT2D eigenvalue weighted by atomic mass is 32.2. The maximum Gasteiger partial charge on any atom is 0.559 e. The predicted octanol–water partition coefficient (Wildman–Crippen LogP) is 5.27. The van der Waals surface area contributed by atoms with Gasteiger partial charge < -0.3 is 9.47 Å². The van der Waals surface area contributed by atoms with E-state index in [1.54, 1.807) is 0 Å². The molecule has 0 aliphatic heterocycles. The van der Waals surface area contributed by atoms with Crippen molar-refractivity contribution in [3.05, 3.63) is 36.4 Å². The Kier molecular flexibility index (Phi) is 7.95. The van der Waals surface area contributed by atoms with Gasteiger partial charge in [-0.05, 0) is 39.0 Å². The van der Waals surface area contributed by atoms with Gasteiger partial charge >= 0.3 is 12.4 Å². The van der Waals surface area contributed by atoms with E-state index >= 15 is 0 Å². The Labute approximate surface area is 159 Å². The van der Waals surface area contributed by atoms with E-state index in [0.717, 1.165) is 11.1 Å². The van der Waals surface area contributed by atoms with Gasteiger partial charge in [-0.15, -0.1) is 17.6 Å². The second-order valence-corrected chi connectivity index (χ2v) is 8.80. The van der Waals surface area contributed by atoms with Crippen LogP contribution in [0.1, 0.15) is 20.8 Å². The first-order valence-corrected chi connectivity index (χ1v) is 10.0. The Morgan fingerprint density at radius 2 is 1.48 bits per heavy atom. The van der Waals surface area contributed by atoms with Crippen LogP contribution in [0.2, 0.25) is 0 Å². The lowest BCUT2D eigenvalue weighted by atomic mass is 10.1. The van der Waals surface area contributed by atoms with Crippen molar-refractivity contribution in [2.45, 2.75) is 37.7 Å². The quantitative estimate of drug-likeness (QED) is 0.393. The number of carbonyl (C=O) groups is 1. The number of fused-ring (bicyclic) bond motifs is 1. The van der Waals surface area contributed by atoms with Crippen molar-refractivity contribution in [2.24, 2.45) is 0 Å². The summed E-state index contributed by atoms with van der Waals surface area (Å²) in [6.45, 7) is 5.46. The van der Waals surface area contributed by atoms with Gasteiger partial charge in [-0.3, -0.25) is 0 Å². The van der Waals surface area contributed by atoms with E-state index in [1.165, 1.54) is 10.3 Å². The number of hydrogen-bond acceptors (Lipinski definition) is 3. The summed E-state index contributed by atoms with van der Waals surface area (Å²) in [7, 11) is 0.165. The van der Waals surface area contributed by atoms with Crippen molar-refractivity contribution in [3.63, 3.8) is 0 Å². The summed E-state index contributed by atoms with van der Waals surface area (Å²) in [5, 5.41) is 2.21. The molecular formula is C19H23F4O3S+. The normalized spacial score (nSPS) is 11.8. The van der Waals surface area contributed by atoms with Gasteiger partial charge in [0.1, 0.15) is 23.9 Å². The van der Waals surface area contributed by atoms with Crippen LogP contribution in [-0.4, -0.2) is 37.1 Å². The highest BCUT2D eigenvalue weighted by molar-refractivity contribution is 7.95. The number of esters is 1. The summed E-state index contributed by atoms with van der Waals surface area (Å²) in [5.41, 5.74) is -0.495. The summed E-state index contributed by atoms with van der Waals surface area (Å²) in [6, 6.07) is 12.1. The minimum atomic E-state index is -5.50. The fraction of sp³-hybridized carbons (Fsp3) is 0.421. The van der Waals surface area contributed by atoms with Crippen LogP contribution in [0.15, 0.2) is 41.3 Å². The molecule has 0 unspecified atom stereocenters. The van der Waals surface area contributed by atoms with Gasteiger partial charge in [-0.25, -0.2) is 4.79 Å². The molecule has 0 fully saturated rings. The Bertz CT molecular complexity index is 762. The third-order valence-electron chi connectivity index (χ3n) is 3.05. The van der Waals surface area contributed by atoms with Crippen molar-refractivity contribution in [1.29, 1.82) is 0 Å². The Morgan fingerprint density at radius 1 is 0.963 bits per heavy atom. The molecule has 2 aromatic rings. The van der Waals surface area contributed by atoms with E-state index in [2.05, 4.69) is 24.6 Å². The third-order valence-corrected chi connectivity index (χ3v) is 4.29. The van der Waals surface area contributed by atoms with Crippen molar-refractivity contribution in [1.82, 2.24) is 0 Å². The second kappa shape index (κ2) is 9.30. The summed E-state index contributed by atoms with van der Waals surface area (Å²) in [4.78, 5) is 13.1. The van der Waals surface area contributed by atoms with Gasteiger partial charge in [0, 0.05) is 21.7 Å². The monoisotopic (exact) mass is 407 g/mol. The SMILES string of the molecule is C[S+](C)c1ccc(OCC(=O)OC(C)(C)C)c2ccccc12.FC(F)(F)F. The van der Waals surface area contributed by atoms with E-state index in [1.807, 2.05) is 45.0 Å². The summed E-state index contributed by atoms with van der Waals surface area (Å²) < 4.78 is 49.7. The zero-order valence-corrected chi connectivity index (χ0v) is 16.6. The standard InChI is InChI=1S/C18H23O3S.CF4/c1-18(2,3)21-17(19)12-20-15-10-11-16(22(4)5)14-9-7-6-8-13(14)15;2-1(3,4)5/h6-11H,12H2,1-5H3;/q+1;. The molecule has 3 nitrogen and oxygen atoms in total. The zero-order valence-electron chi connectivity index (χ0n) is 15.8. The number of halogens is 4. The Morgan fingerprint density at radius 3 is 1.96 bits per heavy atom. The third kappa shape index (κ3) is 8.99.